The summed E-state index contributed by atoms with van der Waals surface area (Å²) in [6.07, 6.45) is 0. The molecule has 8 heteroatoms. The molecule has 0 aliphatic carbocycles. The van der Waals surface area contributed by atoms with Crippen molar-refractivity contribution in [2.45, 2.75) is 11.4 Å². The van der Waals surface area contributed by atoms with Gasteiger partial charge >= 0.3 is 0 Å². The van der Waals surface area contributed by atoms with Crippen LogP contribution in [0.4, 0.5) is 5.69 Å². The molecule has 2 N–H and O–H groups in total. The molecule has 7 nitrogen and oxygen atoms in total. The molecule has 0 spiro atoms. The van der Waals surface area contributed by atoms with E-state index in [9.17, 15) is 23.6 Å². The third kappa shape index (κ3) is 3.77. The summed E-state index contributed by atoms with van der Waals surface area (Å²) in [5.74, 6) is 0.0435. The number of nitro groups is 1. The van der Waals surface area contributed by atoms with Gasteiger partial charge in [0, 0.05) is 18.7 Å². The minimum Gasteiger partial charge on any atom is -0.508 e. The van der Waals surface area contributed by atoms with Crippen molar-refractivity contribution < 1.29 is 18.4 Å². The monoisotopic (exact) mass is 308 g/mol. The summed E-state index contributed by atoms with van der Waals surface area (Å²) >= 11 is 0. The molecule has 2 aromatic carbocycles. The number of rotatable bonds is 5. The lowest BCUT2D eigenvalue weighted by Gasteiger charge is -2.07. The summed E-state index contributed by atoms with van der Waals surface area (Å²) in [4.78, 5) is 9.86. The van der Waals surface area contributed by atoms with Gasteiger partial charge in [-0.05, 0) is 29.8 Å². The number of nitro benzene ring substituents is 1. The number of aromatic hydroxyl groups is 1. The van der Waals surface area contributed by atoms with E-state index in [2.05, 4.69) is 4.72 Å². The number of sulfonamides is 1. The maximum Gasteiger partial charge on any atom is 0.269 e. The highest BCUT2D eigenvalue weighted by Gasteiger charge is 2.15. The van der Waals surface area contributed by atoms with Crippen LogP contribution >= 0.6 is 0 Å². The van der Waals surface area contributed by atoms with Crippen LogP contribution in [0.2, 0.25) is 0 Å². The Labute approximate surface area is 121 Å². The maximum absolute atomic E-state index is 12.0. The van der Waals surface area contributed by atoms with Crippen molar-refractivity contribution in [3.8, 4) is 5.75 Å². The lowest BCUT2D eigenvalue weighted by Crippen LogP contribution is -2.23. The van der Waals surface area contributed by atoms with E-state index in [0.29, 0.717) is 5.56 Å². The van der Waals surface area contributed by atoms with E-state index < -0.39 is 14.9 Å². The van der Waals surface area contributed by atoms with Crippen LogP contribution in [0.1, 0.15) is 5.56 Å². The Morgan fingerprint density at radius 2 is 1.81 bits per heavy atom. The average molecular weight is 308 g/mol. The normalized spacial score (nSPS) is 11.2. The second-order valence-electron chi connectivity index (χ2n) is 4.25. The molecule has 0 amide bonds. The zero-order valence-electron chi connectivity index (χ0n) is 10.8. The molecule has 2 rings (SSSR count). The fraction of sp³-hybridized carbons (Fsp3) is 0.0769. The minimum atomic E-state index is -3.77. The number of hydrogen-bond acceptors (Lipinski definition) is 5. The van der Waals surface area contributed by atoms with E-state index >= 15 is 0 Å². The molecule has 0 saturated carbocycles. The highest BCUT2D eigenvalue weighted by Crippen LogP contribution is 2.16. The first-order valence-corrected chi connectivity index (χ1v) is 7.39. The van der Waals surface area contributed by atoms with Crippen molar-refractivity contribution in [1.82, 2.24) is 4.72 Å². The number of benzene rings is 2. The van der Waals surface area contributed by atoms with Gasteiger partial charge in [0.25, 0.3) is 5.69 Å². The molecule has 0 aliphatic heterocycles. The predicted molar refractivity (Wildman–Crippen MR) is 75.2 cm³/mol. The second kappa shape index (κ2) is 5.90. The third-order valence-corrected chi connectivity index (χ3v) is 4.15. The third-order valence-electron chi connectivity index (χ3n) is 2.73. The Balaban J connectivity index is 2.13. The Bertz CT molecular complexity index is 756. The van der Waals surface area contributed by atoms with Crippen molar-refractivity contribution in [1.29, 1.82) is 0 Å². The van der Waals surface area contributed by atoms with Gasteiger partial charge in [-0.25, -0.2) is 13.1 Å². The van der Waals surface area contributed by atoms with Crippen molar-refractivity contribution >= 4 is 15.7 Å². The van der Waals surface area contributed by atoms with Gasteiger partial charge in [0.2, 0.25) is 10.0 Å². The van der Waals surface area contributed by atoms with Gasteiger partial charge in [0.15, 0.2) is 0 Å². The molecule has 2 aromatic rings. The number of nitrogens with zero attached hydrogens (tertiary/aromatic N) is 1. The molecular formula is C13H12N2O5S. The van der Waals surface area contributed by atoms with Crippen LogP contribution in [0.5, 0.6) is 5.75 Å². The largest absolute Gasteiger partial charge is 0.508 e. The standard InChI is InChI=1S/C13H12N2O5S/c16-12-3-1-2-10(8-12)9-14-21(19,20)13-6-4-11(5-7-13)15(17)18/h1-8,14,16H,9H2. The van der Waals surface area contributed by atoms with Crippen LogP contribution < -0.4 is 4.72 Å². The quantitative estimate of drug-likeness (QED) is 0.646. The molecule has 0 radical (unpaired) electrons. The second-order valence-corrected chi connectivity index (χ2v) is 6.01. The maximum atomic E-state index is 12.0. The topological polar surface area (TPSA) is 110 Å². The summed E-state index contributed by atoms with van der Waals surface area (Å²) in [7, 11) is -3.77. The number of phenols is 1. The summed E-state index contributed by atoms with van der Waals surface area (Å²) in [5, 5.41) is 19.8. The van der Waals surface area contributed by atoms with Crippen LogP contribution in [-0.2, 0) is 16.6 Å². The zero-order valence-corrected chi connectivity index (χ0v) is 11.6. The van der Waals surface area contributed by atoms with E-state index in [4.69, 9.17) is 0 Å². The van der Waals surface area contributed by atoms with Crippen molar-refractivity contribution in [2.75, 3.05) is 0 Å². The smallest absolute Gasteiger partial charge is 0.269 e. The molecule has 0 aromatic heterocycles. The van der Waals surface area contributed by atoms with Crippen LogP contribution in [0.3, 0.4) is 0 Å². The molecule has 0 atom stereocenters. The molecule has 0 fully saturated rings. The number of nitrogens with one attached hydrogen (secondary N) is 1. The van der Waals surface area contributed by atoms with E-state index in [0.717, 1.165) is 12.1 Å². The number of non-ortho nitro benzene ring substituents is 1. The molecule has 0 unspecified atom stereocenters. The SMILES string of the molecule is O=[N+]([O-])c1ccc(S(=O)(=O)NCc2cccc(O)c2)cc1. The molecular weight excluding hydrogens is 296 g/mol. The summed E-state index contributed by atoms with van der Waals surface area (Å²) in [6.45, 7) is 0.00766. The minimum absolute atomic E-state index is 0.00766. The highest BCUT2D eigenvalue weighted by atomic mass is 32.2. The molecule has 110 valence electrons. The lowest BCUT2D eigenvalue weighted by molar-refractivity contribution is -0.384. The molecule has 0 heterocycles. The van der Waals surface area contributed by atoms with E-state index in [1.54, 1.807) is 12.1 Å². The van der Waals surface area contributed by atoms with Crippen LogP contribution in [0.25, 0.3) is 0 Å². The molecule has 0 saturated heterocycles. The Kier molecular flexibility index (Phi) is 4.20. The Morgan fingerprint density at radius 3 is 2.38 bits per heavy atom. The van der Waals surface area contributed by atoms with E-state index in [-0.39, 0.29) is 22.9 Å². The van der Waals surface area contributed by atoms with Gasteiger partial charge in [0.05, 0.1) is 9.82 Å². The van der Waals surface area contributed by atoms with Crippen molar-refractivity contribution in [2.24, 2.45) is 0 Å². The van der Waals surface area contributed by atoms with E-state index in [1.807, 2.05) is 0 Å². The number of hydrogen-bond donors (Lipinski definition) is 2. The summed E-state index contributed by atoms with van der Waals surface area (Å²) < 4.78 is 26.4. The van der Waals surface area contributed by atoms with Gasteiger partial charge in [-0.3, -0.25) is 10.1 Å². The van der Waals surface area contributed by atoms with Gasteiger partial charge in [-0.2, -0.15) is 0 Å². The lowest BCUT2D eigenvalue weighted by atomic mass is 10.2. The predicted octanol–water partition coefficient (Wildman–Crippen LogP) is 1.78. The fourth-order valence-electron chi connectivity index (χ4n) is 1.68. The van der Waals surface area contributed by atoms with Crippen LogP contribution in [0.15, 0.2) is 53.4 Å². The Morgan fingerprint density at radius 1 is 1.14 bits per heavy atom. The highest BCUT2D eigenvalue weighted by molar-refractivity contribution is 7.89. The first kappa shape index (κ1) is 14.9. The molecule has 0 bridgehead atoms. The first-order valence-electron chi connectivity index (χ1n) is 5.90. The van der Waals surface area contributed by atoms with Gasteiger partial charge in [-0.15, -0.1) is 0 Å². The van der Waals surface area contributed by atoms with Gasteiger partial charge in [0.1, 0.15) is 5.75 Å². The molecule has 21 heavy (non-hydrogen) atoms. The number of phenolic OH excluding ortho intramolecular Hbond substituents is 1. The average Bonchev–Trinajstić information content (AvgIpc) is 2.45. The Hall–Kier alpha value is -2.45. The first-order chi connectivity index (χ1) is 9.88. The van der Waals surface area contributed by atoms with Gasteiger partial charge in [-0.1, -0.05) is 12.1 Å². The van der Waals surface area contributed by atoms with Crippen molar-refractivity contribution in [3.63, 3.8) is 0 Å². The molecule has 0 aliphatic rings. The van der Waals surface area contributed by atoms with Crippen LogP contribution in [-0.4, -0.2) is 18.4 Å². The zero-order chi connectivity index (χ0) is 15.5. The summed E-state index contributed by atoms with van der Waals surface area (Å²) in [6, 6.07) is 10.8. The van der Waals surface area contributed by atoms with Crippen molar-refractivity contribution in [3.05, 3.63) is 64.2 Å². The summed E-state index contributed by atoms with van der Waals surface area (Å²) in [5.41, 5.74) is 0.419. The van der Waals surface area contributed by atoms with Gasteiger partial charge < -0.3 is 5.11 Å². The van der Waals surface area contributed by atoms with Crippen LogP contribution in [0, 0.1) is 10.1 Å². The van der Waals surface area contributed by atoms with E-state index in [1.165, 1.54) is 24.3 Å². The fourth-order valence-corrected chi connectivity index (χ4v) is 2.69.